The zero-order valence-corrected chi connectivity index (χ0v) is 16.9. The molecule has 0 radical (unpaired) electrons. The molecule has 0 aliphatic carbocycles. The number of rotatable bonds is 7. The Morgan fingerprint density at radius 1 is 1.13 bits per heavy atom. The van der Waals surface area contributed by atoms with Crippen LogP contribution >= 0.6 is 0 Å². The summed E-state index contributed by atoms with van der Waals surface area (Å²) < 4.78 is 10.5. The molecular formula is C22H20N2O7. The smallest absolute Gasteiger partial charge is 0.355 e. The van der Waals surface area contributed by atoms with E-state index in [1.54, 1.807) is 31.2 Å². The highest BCUT2D eigenvalue weighted by atomic mass is 16.6. The van der Waals surface area contributed by atoms with Gasteiger partial charge in [0.05, 0.1) is 4.92 Å². The number of hydrogen-bond donors (Lipinski definition) is 0. The average Bonchev–Trinajstić information content (AvgIpc) is 2.77. The van der Waals surface area contributed by atoms with Crippen LogP contribution < -0.4 is 0 Å². The van der Waals surface area contributed by atoms with Crippen LogP contribution in [0.1, 0.15) is 31.0 Å². The number of hydrogen-bond acceptors (Lipinski definition) is 7. The number of likely N-dealkylation sites (tertiary alicyclic amines) is 1. The van der Waals surface area contributed by atoms with Gasteiger partial charge in [-0.2, -0.15) is 0 Å². The van der Waals surface area contributed by atoms with Crippen molar-refractivity contribution in [3.63, 3.8) is 0 Å². The minimum atomic E-state index is -1.03. The van der Waals surface area contributed by atoms with Gasteiger partial charge in [0.2, 0.25) is 6.10 Å². The number of benzene rings is 2. The van der Waals surface area contributed by atoms with Gasteiger partial charge in [0, 0.05) is 19.1 Å². The van der Waals surface area contributed by atoms with E-state index < -0.39 is 34.9 Å². The van der Waals surface area contributed by atoms with Crippen molar-refractivity contribution >= 4 is 23.5 Å². The molecule has 1 saturated heterocycles. The molecule has 1 amide bonds. The lowest BCUT2D eigenvalue weighted by Crippen LogP contribution is -2.60. The second kappa shape index (κ2) is 9.21. The van der Waals surface area contributed by atoms with E-state index in [2.05, 4.69) is 0 Å². The van der Waals surface area contributed by atoms with Crippen molar-refractivity contribution in [2.45, 2.75) is 32.6 Å². The molecule has 2 atom stereocenters. The SMILES string of the molecule is C/C=C(/C(=O)OCc1ccc([N+](=O)[O-])cc1)N1C(=O)[C@H](OC(C)=O)[C@@H]1c1ccccc1. The molecule has 1 heterocycles. The van der Waals surface area contributed by atoms with Crippen molar-refractivity contribution in [1.82, 2.24) is 4.90 Å². The van der Waals surface area contributed by atoms with Crippen LogP contribution in [0.15, 0.2) is 66.4 Å². The number of carbonyl (C=O) groups is 3. The molecule has 0 spiro atoms. The van der Waals surface area contributed by atoms with Crippen molar-refractivity contribution in [2.75, 3.05) is 0 Å². The molecular weight excluding hydrogens is 404 g/mol. The van der Waals surface area contributed by atoms with Gasteiger partial charge in [-0.25, -0.2) is 4.79 Å². The molecule has 3 rings (SSSR count). The standard InChI is InChI=1S/C22H20N2O7/c1-3-18(22(27)30-13-15-9-11-17(12-10-15)24(28)29)23-19(16-7-5-4-6-8-16)20(21(23)26)31-14(2)25/h3-12,19-20H,13H2,1-2H3/b18-3-/t19-,20+/m0/s1. The highest BCUT2D eigenvalue weighted by molar-refractivity contribution is 6.00. The molecule has 1 aliphatic heterocycles. The minimum absolute atomic E-state index is 0.0177. The number of ether oxygens (including phenoxy) is 2. The Balaban J connectivity index is 1.76. The predicted molar refractivity (Wildman–Crippen MR) is 108 cm³/mol. The van der Waals surface area contributed by atoms with Crippen LogP contribution in [0.25, 0.3) is 0 Å². The first-order valence-corrected chi connectivity index (χ1v) is 9.45. The van der Waals surface area contributed by atoms with Crippen molar-refractivity contribution in [1.29, 1.82) is 0 Å². The maximum Gasteiger partial charge on any atom is 0.355 e. The highest BCUT2D eigenvalue weighted by Crippen LogP contribution is 2.40. The van der Waals surface area contributed by atoms with Crippen LogP contribution in [0, 0.1) is 10.1 Å². The van der Waals surface area contributed by atoms with Crippen molar-refractivity contribution < 1.29 is 28.8 Å². The topological polar surface area (TPSA) is 116 Å². The van der Waals surface area contributed by atoms with Crippen LogP contribution in [0.3, 0.4) is 0 Å². The van der Waals surface area contributed by atoms with Crippen molar-refractivity contribution in [2.24, 2.45) is 0 Å². The lowest BCUT2D eigenvalue weighted by molar-refractivity contribution is -0.384. The zero-order chi connectivity index (χ0) is 22.5. The quantitative estimate of drug-likeness (QED) is 0.220. The Bertz CT molecular complexity index is 1030. The molecule has 31 heavy (non-hydrogen) atoms. The molecule has 1 fully saturated rings. The van der Waals surface area contributed by atoms with Gasteiger partial charge in [0.1, 0.15) is 18.3 Å². The van der Waals surface area contributed by atoms with Crippen LogP contribution in [0.4, 0.5) is 5.69 Å². The van der Waals surface area contributed by atoms with Crippen molar-refractivity contribution in [3.8, 4) is 0 Å². The molecule has 0 N–H and O–H groups in total. The number of non-ortho nitro benzene ring substituents is 1. The van der Waals surface area contributed by atoms with Crippen LogP contribution in [-0.2, 0) is 30.5 Å². The summed E-state index contributed by atoms with van der Waals surface area (Å²) in [5, 5.41) is 10.7. The molecule has 2 aromatic rings. The molecule has 0 aromatic heterocycles. The number of esters is 2. The molecule has 160 valence electrons. The maximum absolute atomic E-state index is 12.7. The third kappa shape index (κ3) is 4.61. The molecule has 0 saturated carbocycles. The first-order valence-electron chi connectivity index (χ1n) is 9.45. The second-order valence-electron chi connectivity index (χ2n) is 6.77. The van der Waals surface area contributed by atoms with Gasteiger partial charge in [-0.3, -0.25) is 24.6 Å². The summed E-state index contributed by atoms with van der Waals surface area (Å²) in [4.78, 5) is 48.3. The van der Waals surface area contributed by atoms with E-state index in [-0.39, 0.29) is 18.0 Å². The number of amides is 1. The minimum Gasteiger partial charge on any atom is -0.456 e. The summed E-state index contributed by atoms with van der Waals surface area (Å²) in [6.45, 7) is 2.68. The average molecular weight is 424 g/mol. The van der Waals surface area contributed by atoms with Gasteiger partial charge < -0.3 is 9.47 Å². The predicted octanol–water partition coefficient (Wildman–Crippen LogP) is 3.06. The molecule has 2 aromatic carbocycles. The van der Waals surface area contributed by atoms with Gasteiger partial charge in [-0.15, -0.1) is 0 Å². The molecule has 0 unspecified atom stereocenters. The number of β-lactam (4-membered cyclic amide) rings is 1. The summed E-state index contributed by atoms with van der Waals surface area (Å²) in [6.07, 6.45) is 0.424. The van der Waals surface area contributed by atoms with E-state index in [4.69, 9.17) is 9.47 Å². The zero-order valence-electron chi connectivity index (χ0n) is 16.9. The summed E-state index contributed by atoms with van der Waals surface area (Å²) in [5.74, 6) is -1.86. The van der Waals surface area contributed by atoms with Gasteiger partial charge in [-0.05, 0) is 30.2 Å². The van der Waals surface area contributed by atoms with Gasteiger partial charge in [0.15, 0.2) is 0 Å². The van der Waals surface area contributed by atoms with E-state index >= 15 is 0 Å². The largest absolute Gasteiger partial charge is 0.456 e. The van der Waals surface area contributed by atoms with E-state index in [0.717, 1.165) is 0 Å². The summed E-state index contributed by atoms with van der Waals surface area (Å²) in [6, 6.07) is 13.9. The lowest BCUT2D eigenvalue weighted by Gasteiger charge is -2.46. The molecule has 9 nitrogen and oxygen atoms in total. The fraction of sp³-hybridized carbons (Fsp3) is 0.227. The first kappa shape index (κ1) is 21.7. The summed E-state index contributed by atoms with van der Waals surface area (Å²) in [5.41, 5.74) is 1.21. The Labute approximate surface area is 178 Å². The first-order chi connectivity index (χ1) is 14.8. The number of nitro benzene ring substituents is 1. The van der Waals surface area contributed by atoms with E-state index in [0.29, 0.717) is 11.1 Å². The molecule has 0 bridgehead atoms. The van der Waals surface area contributed by atoms with Crippen LogP contribution in [0.5, 0.6) is 0 Å². The normalized spacial score (nSPS) is 18.2. The Kier molecular flexibility index (Phi) is 6.44. The lowest BCUT2D eigenvalue weighted by atomic mass is 9.89. The van der Waals surface area contributed by atoms with Gasteiger partial charge in [-0.1, -0.05) is 36.4 Å². The summed E-state index contributed by atoms with van der Waals surface area (Å²) in [7, 11) is 0. The maximum atomic E-state index is 12.7. The van der Waals surface area contributed by atoms with Gasteiger partial charge >= 0.3 is 11.9 Å². The fourth-order valence-corrected chi connectivity index (χ4v) is 3.29. The Morgan fingerprint density at radius 2 is 1.77 bits per heavy atom. The fourth-order valence-electron chi connectivity index (χ4n) is 3.29. The van der Waals surface area contributed by atoms with Crippen LogP contribution in [-0.4, -0.2) is 33.8 Å². The third-order valence-corrected chi connectivity index (χ3v) is 4.74. The van der Waals surface area contributed by atoms with E-state index in [1.165, 1.54) is 42.2 Å². The van der Waals surface area contributed by atoms with E-state index in [1.807, 2.05) is 6.07 Å². The number of allylic oxidation sites excluding steroid dienone is 1. The number of nitrogens with zero attached hydrogens (tertiary/aromatic N) is 2. The number of nitro groups is 1. The third-order valence-electron chi connectivity index (χ3n) is 4.74. The monoisotopic (exact) mass is 424 g/mol. The molecule has 9 heteroatoms. The number of carbonyl (C=O) groups excluding carboxylic acids is 3. The Morgan fingerprint density at radius 3 is 2.32 bits per heavy atom. The van der Waals surface area contributed by atoms with Crippen molar-refractivity contribution in [3.05, 3.63) is 87.6 Å². The molecule has 1 aliphatic rings. The van der Waals surface area contributed by atoms with Gasteiger partial charge in [0.25, 0.3) is 11.6 Å². The van der Waals surface area contributed by atoms with E-state index in [9.17, 15) is 24.5 Å². The Hall–Kier alpha value is -4.01. The summed E-state index contributed by atoms with van der Waals surface area (Å²) >= 11 is 0. The second-order valence-corrected chi connectivity index (χ2v) is 6.77. The highest BCUT2D eigenvalue weighted by Gasteiger charge is 2.53. The van der Waals surface area contributed by atoms with Crippen LogP contribution in [0.2, 0.25) is 0 Å².